The number of carboxylic acid groups (broad SMARTS) is 1. The lowest BCUT2D eigenvalue weighted by Gasteiger charge is -2.05. The van der Waals surface area contributed by atoms with Gasteiger partial charge in [0.05, 0.1) is 6.42 Å². The minimum absolute atomic E-state index is 0.0587. The standard InChI is InChI=1S/C7H9N3O4S/c1-3(2-4(11)12)15-6-5(13)8-7(14)10-9-6/h3H,2H2,1H3,(H,11,12)(H2,8,10,13,14). The third-order valence-electron chi connectivity index (χ3n) is 1.46. The highest BCUT2D eigenvalue weighted by atomic mass is 32.2. The second kappa shape index (κ2) is 4.78. The number of H-pyrrole nitrogens is 2. The van der Waals surface area contributed by atoms with Gasteiger partial charge in [-0.2, -0.15) is 5.10 Å². The number of nitrogens with zero attached hydrogens (tertiary/aromatic N) is 1. The van der Waals surface area contributed by atoms with Gasteiger partial charge in [-0.15, -0.1) is 0 Å². The second-order valence-electron chi connectivity index (χ2n) is 2.84. The topological polar surface area (TPSA) is 116 Å². The smallest absolute Gasteiger partial charge is 0.342 e. The summed E-state index contributed by atoms with van der Waals surface area (Å²) >= 11 is 1.00. The molecule has 0 spiro atoms. The molecule has 0 radical (unpaired) electrons. The molecule has 1 aromatic rings. The second-order valence-corrected chi connectivity index (χ2v) is 4.27. The molecule has 0 fully saturated rings. The molecule has 1 heterocycles. The number of aromatic amines is 2. The summed E-state index contributed by atoms with van der Waals surface area (Å²) in [6.07, 6.45) is -0.0785. The van der Waals surface area contributed by atoms with E-state index in [-0.39, 0.29) is 16.7 Å². The van der Waals surface area contributed by atoms with Crippen LogP contribution in [0.3, 0.4) is 0 Å². The molecule has 0 saturated carbocycles. The predicted octanol–water partition coefficient (Wildman–Crippen LogP) is -0.587. The number of aliphatic carboxylic acids is 1. The summed E-state index contributed by atoms with van der Waals surface area (Å²) in [5.74, 6) is -0.948. The van der Waals surface area contributed by atoms with Gasteiger partial charge in [-0.25, -0.2) is 9.89 Å². The summed E-state index contributed by atoms with van der Waals surface area (Å²) in [6, 6.07) is 0. The largest absolute Gasteiger partial charge is 0.481 e. The summed E-state index contributed by atoms with van der Waals surface area (Å²) in [5, 5.41) is 13.9. The van der Waals surface area contributed by atoms with Crippen LogP contribution in [-0.4, -0.2) is 31.5 Å². The fourth-order valence-corrected chi connectivity index (χ4v) is 1.76. The number of hydrogen-bond acceptors (Lipinski definition) is 5. The summed E-state index contributed by atoms with van der Waals surface area (Å²) in [4.78, 5) is 34.1. The molecule has 0 bridgehead atoms. The molecule has 1 unspecified atom stereocenters. The van der Waals surface area contributed by atoms with Crippen molar-refractivity contribution in [1.29, 1.82) is 0 Å². The van der Waals surface area contributed by atoms with Crippen LogP contribution in [-0.2, 0) is 4.79 Å². The van der Waals surface area contributed by atoms with Crippen molar-refractivity contribution in [3.8, 4) is 0 Å². The average molecular weight is 231 g/mol. The van der Waals surface area contributed by atoms with Crippen LogP contribution in [0, 0.1) is 0 Å². The van der Waals surface area contributed by atoms with Crippen LogP contribution in [0.1, 0.15) is 13.3 Å². The quantitative estimate of drug-likeness (QED) is 0.596. The van der Waals surface area contributed by atoms with E-state index in [0.29, 0.717) is 0 Å². The van der Waals surface area contributed by atoms with Crippen molar-refractivity contribution in [3.63, 3.8) is 0 Å². The van der Waals surface area contributed by atoms with Crippen molar-refractivity contribution in [1.82, 2.24) is 15.2 Å². The number of carboxylic acids is 1. The fraction of sp³-hybridized carbons (Fsp3) is 0.429. The van der Waals surface area contributed by atoms with E-state index in [1.54, 1.807) is 6.92 Å². The molecule has 0 aliphatic heterocycles. The molecule has 7 nitrogen and oxygen atoms in total. The van der Waals surface area contributed by atoms with Gasteiger partial charge in [0.15, 0.2) is 5.03 Å². The highest BCUT2D eigenvalue weighted by Gasteiger charge is 2.12. The van der Waals surface area contributed by atoms with Crippen LogP contribution >= 0.6 is 11.8 Å². The average Bonchev–Trinajstić information content (AvgIpc) is 2.08. The van der Waals surface area contributed by atoms with Crippen LogP contribution in [0.25, 0.3) is 0 Å². The normalized spacial score (nSPS) is 12.3. The summed E-state index contributed by atoms with van der Waals surface area (Å²) in [6.45, 7) is 1.66. The Balaban J connectivity index is 2.77. The van der Waals surface area contributed by atoms with Gasteiger partial charge in [0.25, 0.3) is 5.56 Å². The van der Waals surface area contributed by atoms with Gasteiger partial charge in [-0.1, -0.05) is 18.7 Å². The van der Waals surface area contributed by atoms with Crippen molar-refractivity contribution in [2.75, 3.05) is 0 Å². The number of thioether (sulfide) groups is 1. The molecule has 0 aromatic carbocycles. The number of hydrogen-bond donors (Lipinski definition) is 3. The van der Waals surface area contributed by atoms with Crippen molar-refractivity contribution in [2.45, 2.75) is 23.6 Å². The zero-order valence-corrected chi connectivity index (χ0v) is 8.63. The van der Waals surface area contributed by atoms with E-state index in [1.165, 1.54) is 0 Å². The lowest BCUT2D eigenvalue weighted by atomic mass is 10.3. The maximum Gasteiger partial charge on any atom is 0.342 e. The van der Waals surface area contributed by atoms with E-state index in [1.807, 2.05) is 4.98 Å². The first kappa shape index (κ1) is 11.5. The Morgan fingerprint density at radius 1 is 1.60 bits per heavy atom. The SMILES string of the molecule is CC(CC(=O)O)Sc1n[nH]c(=O)[nH]c1=O. The van der Waals surface area contributed by atoms with Crippen LogP contribution in [0.15, 0.2) is 14.6 Å². The Labute approximate surface area is 87.9 Å². The number of carbonyl (C=O) groups is 1. The first-order valence-corrected chi connectivity index (χ1v) is 4.94. The van der Waals surface area contributed by atoms with Crippen LogP contribution in [0.2, 0.25) is 0 Å². The molecule has 8 heteroatoms. The minimum Gasteiger partial charge on any atom is -0.481 e. The molecular weight excluding hydrogens is 222 g/mol. The molecule has 0 amide bonds. The molecule has 1 aromatic heterocycles. The van der Waals surface area contributed by atoms with Gasteiger partial charge in [0.2, 0.25) is 0 Å². The van der Waals surface area contributed by atoms with Crippen molar-refractivity contribution < 1.29 is 9.90 Å². The lowest BCUT2D eigenvalue weighted by molar-refractivity contribution is -0.136. The molecule has 15 heavy (non-hydrogen) atoms. The minimum atomic E-state index is -0.948. The molecule has 0 saturated heterocycles. The van der Waals surface area contributed by atoms with E-state index in [9.17, 15) is 14.4 Å². The summed E-state index contributed by atoms with van der Waals surface area (Å²) in [7, 11) is 0. The van der Waals surface area contributed by atoms with Crippen LogP contribution in [0.4, 0.5) is 0 Å². The van der Waals surface area contributed by atoms with E-state index in [2.05, 4.69) is 10.2 Å². The van der Waals surface area contributed by atoms with Gasteiger partial charge < -0.3 is 5.11 Å². The molecule has 82 valence electrons. The van der Waals surface area contributed by atoms with Crippen molar-refractivity contribution in [2.24, 2.45) is 0 Å². The van der Waals surface area contributed by atoms with Gasteiger partial charge in [-0.3, -0.25) is 14.6 Å². The Hall–Kier alpha value is -1.57. The molecule has 0 aliphatic rings. The number of nitrogens with one attached hydrogen (secondary N) is 2. The third-order valence-corrected chi connectivity index (χ3v) is 2.52. The fourth-order valence-electron chi connectivity index (χ4n) is 0.895. The van der Waals surface area contributed by atoms with Gasteiger partial charge in [0, 0.05) is 5.25 Å². The first-order valence-electron chi connectivity index (χ1n) is 4.06. The van der Waals surface area contributed by atoms with Gasteiger partial charge in [-0.05, 0) is 0 Å². The van der Waals surface area contributed by atoms with Crippen LogP contribution < -0.4 is 11.2 Å². The molecule has 1 rings (SSSR count). The molecular formula is C7H9N3O4S. The van der Waals surface area contributed by atoms with E-state index in [0.717, 1.165) is 11.8 Å². The first-order chi connectivity index (χ1) is 6.99. The van der Waals surface area contributed by atoms with Crippen molar-refractivity contribution >= 4 is 17.7 Å². The number of rotatable bonds is 4. The van der Waals surface area contributed by atoms with Gasteiger partial charge in [0.1, 0.15) is 0 Å². The Morgan fingerprint density at radius 3 is 2.80 bits per heavy atom. The summed E-state index contributed by atoms with van der Waals surface area (Å²) in [5.41, 5.74) is -1.30. The van der Waals surface area contributed by atoms with E-state index >= 15 is 0 Å². The highest BCUT2D eigenvalue weighted by Crippen LogP contribution is 2.18. The predicted molar refractivity (Wildman–Crippen MR) is 53.1 cm³/mol. The Morgan fingerprint density at radius 2 is 2.27 bits per heavy atom. The zero-order valence-electron chi connectivity index (χ0n) is 7.81. The van der Waals surface area contributed by atoms with E-state index < -0.39 is 17.2 Å². The van der Waals surface area contributed by atoms with E-state index in [4.69, 9.17) is 5.11 Å². The molecule has 0 aliphatic carbocycles. The monoisotopic (exact) mass is 231 g/mol. The van der Waals surface area contributed by atoms with Crippen LogP contribution in [0.5, 0.6) is 0 Å². The summed E-state index contributed by atoms with van der Waals surface area (Å²) < 4.78 is 0. The maximum atomic E-state index is 11.2. The molecule has 1 atom stereocenters. The highest BCUT2D eigenvalue weighted by molar-refractivity contribution is 7.99. The lowest BCUT2D eigenvalue weighted by Crippen LogP contribution is -2.25. The zero-order chi connectivity index (χ0) is 11.4. The maximum absolute atomic E-state index is 11.2. The molecule has 3 N–H and O–H groups in total. The van der Waals surface area contributed by atoms with Crippen molar-refractivity contribution in [3.05, 3.63) is 20.8 Å². The Kier molecular flexibility index (Phi) is 3.67. The Bertz CT molecular complexity index is 466. The number of aromatic nitrogens is 3. The third kappa shape index (κ3) is 3.58. The van der Waals surface area contributed by atoms with Gasteiger partial charge >= 0.3 is 11.7 Å².